The molecule has 0 saturated carbocycles. The molecule has 7 nitrogen and oxygen atoms in total. The first-order chi connectivity index (χ1) is 13.6. The molecular weight excluding hydrogens is 356 g/mol. The second-order valence-corrected chi connectivity index (χ2v) is 6.40. The molecule has 0 bridgehead atoms. The van der Waals surface area contributed by atoms with Crippen LogP contribution in [0, 0.1) is 0 Å². The number of para-hydroxylation sites is 2. The number of benzene rings is 2. The predicted octanol–water partition coefficient (Wildman–Crippen LogP) is 2.76. The summed E-state index contributed by atoms with van der Waals surface area (Å²) < 4.78 is 1.92. The number of rotatable bonds is 4. The molecule has 140 valence electrons. The Kier molecular flexibility index (Phi) is 4.41. The minimum Gasteiger partial charge on any atom is -0.349 e. The van der Waals surface area contributed by atoms with Crippen molar-refractivity contribution in [1.82, 2.24) is 9.88 Å². The summed E-state index contributed by atoms with van der Waals surface area (Å²) in [5.41, 5.74) is 2.86. The van der Waals surface area contributed by atoms with E-state index in [-0.39, 0.29) is 17.7 Å². The van der Waals surface area contributed by atoms with Gasteiger partial charge in [-0.2, -0.15) is 0 Å². The number of nitrogens with zero attached hydrogens (tertiary/aromatic N) is 1. The van der Waals surface area contributed by atoms with E-state index in [9.17, 15) is 14.4 Å². The Morgan fingerprint density at radius 1 is 1.07 bits per heavy atom. The number of hydrogen-bond acceptors (Lipinski definition) is 3. The van der Waals surface area contributed by atoms with Gasteiger partial charge in [0.2, 0.25) is 5.91 Å². The normalized spacial score (nSPS) is 12.8. The fraction of sp³-hybridized carbons (Fsp3) is 0.0952. The molecule has 3 aromatic rings. The highest BCUT2D eigenvalue weighted by Gasteiger charge is 2.20. The van der Waals surface area contributed by atoms with Gasteiger partial charge in [0.25, 0.3) is 11.8 Å². The van der Waals surface area contributed by atoms with Gasteiger partial charge in [-0.15, -0.1) is 0 Å². The molecule has 28 heavy (non-hydrogen) atoms. The fourth-order valence-electron chi connectivity index (χ4n) is 3.28. The summed E-state index contributed by atoms with van der Waals surface area (Å²) in [6.45, 7) is 4.65. The Labute approximate surface area is 161 Å². The molecule has 2 heterocycles. The van der Waals surface area contributed by atoms with E-state index >= 15 is 0 Å². The minimum atomic E-state index is -0.360. The van der Waals surface area contributed by atoms with E-state index in [0.717, 1.165) is 10.9 Å². The Morgan fingerprint density at radius 3 is 2.57 bits per heavy atom. The third-order valence-corrected chi connectivity index (χ3v) is 4.64. The highest BCUT2D eigenvalue weighted by atomic mass is 16.2. The maximum atomic E-state index is 12.8. The summed E-state index contributed by atoms with van der Waals surface area (Å²) in [5, 5.41) is 9.21. The first kappa shape index (κ1) is 17.5. The van der Waals surface area contributed by atoms with Crippen LogP contribution in [-0.2, 0) is 11.3 Å². The van der Waals surface area contributed by atoms with Crippen LogP contribution in [0.1, 0.15) is 20.8 Å². The quantitative estimate of drug-likeness (QED) is 0.613. The van der Waals surface area contributed by atoms with Crippen LogP contribution in [0.3, 0.4) is 0 Å². The molecule has 1 aromatic heterocycles. The smallest absolute Gasteiger partial charge is 0.268 e. The number of aromatic nitrogens is 1. The van der Waals surface area contributed by atoms with Crippen molar-refractivity contribution in [2.75, 3.05) is 17.2 Å². The van der Waals surface area contributed by atoms with Gasteiger partial charge in [-0.1, -0.05) is 24.8 Å². The van der Waals surface area contributed by atoms with Crippen LogP contribution in [0.5, 0.6) is 0 Å². The van der Waals surface area contributed by atoms with Crippen molar-refractivity contribution in [3.05, 3.63) is 72.4 Å². The van der Waals surface area contributed by atoms with Crippen molar-refractivity contribution in [3.8, 4) is 0 Å². The van der Waals surface area contributed by atoms with E-state index in [1.807, 2.05) is 16.7 Å². The second kappa shape index (κ2) is 7.03. The van der Waals surface area contributed by atoms with E-state index in [0.29, 0.717) is 35.7 Å². The molecule has 1 aliphatic heterocycles. The van der Waals surface area contributed by atoms with Crippen LogP contribution in [0.4, 0.5) is 11.4 Å². The monoisotopic (exact) mass is 374 g/mol. The third-order valence-electron chi connectivity index (χ3n) is 4.64. The molecule has 0 radical (unpaired) electrons. The lowest BCUT2D eigenvalue weighted by Gasteiger charge is -2.16. The van der Waals surface area contributed by atoms with Crippen LogP contribution >= 0.6 is 0 Å². The molecule has 0 aliphatic carbocycles. The molecule has 7 heteroatoms. The Bertz CT molecular complexity index is 1130. The molecule has 1 aliphatic rings. The average molecular weight is 374 g/mol. The van der Waals surface area contributed by atoms with Crippen molar-refractivity contribution in [2.24, 2.45) is 0 Å². The van der Waals surface area contributed by atoms with Crippen molar-refractivity contribution < 1.29 is 14.4 Å². The lowest BCUT2D eigenvalue weighted by atomic mass is 10.1. The SMILES string of the molecule is C=CC(=O)Nc1ccccc1NC(=O)c1ccc2cc3n(c2c1)CCNC3=O. The zero-order valence-electron chi connectivity index (χ0n) is 15.0. The standard InChI is InChI=1S/C21H18N4O3/c1-2-19(26)23-15-5-3-4-6-16(15)24-20(27)14-8-7-13-11-18-21(28)22-9-10-25(18)17(13)12-14/h2-8,11-12H,1,9-10H2,(H,22,28)(H,23,26)(H,24,27). The lowest BCUT2D eigenvalue weighted by molar-refractivity contribution is -0.111. The topological polar surface area (TPSA) is 92.2 Å². The number of hydrogen-bond donors (Lipinski definition) is 3. The maximum absolute atomic E-state index is 12.8. The van der Waals surface area contributed by atoms with Gasteiger partial charge >= 0.3 is 0 Å². The molecule has 2 aromatic carbocycles. The molecule has 0 atom stereocenters. The van der Waals surface area contributed by atoms with E-state index in [4.69, 9.17) is 0 Å². The van der Waals surface area contributed by atoms with Crippen molar-refractivity contribution in [3.63, 3.8) is 0 Å². The number of amides is 3. The van der Waals surface area contributed by atoms with Gasteiger partial charge in [-0.3, -0.25) is 14.4 Å². The second-order valence-electron chi connectivity index (χ2n) is 6.40. The molecule has 3 amide bonds. The van der Waals surface area contributed by atoms with Crippen molar-refractivity contribution >= 4 is 40.0 Å². The highest BCUT2D eigenvalue weighted by molar-refractivity contribution is 6.10. The van der Waals surface area contributed by atoms with Gasteiger partial charge in [0, 0.05) is 29.6 Å². The predicted molar refractivity (Wildman–Crippen MR) is 107 cm³/mol. The molecule has 3 N–H and O–H groups in total. The van der Waals surface area contributed by atoms with Gasteiger partial charge in [-0.05, 0) is 36.4 Å². The van der Waals surface area contributed by atoms with E-state index < -0.39 is 0 Å². The number of nitrogens with one attached hydrogen (secondary N) is 3. The summed E-state index contributed by atoms with van der Waals surface area (Å²) in [7, 11) is 0. The fourth-order valence-corrected chi connectivity index (χ4v) is 3.28. The largest absolute Gasteiger partial charge is 0.349 e. The molecule has 0 saturated heterocycles. The van der Waals surface area contributed by atoms with Crippen LogP contribution in [0.25, 0.3) is 10.9 Å². The van der Waals surface area contributed by atoms with E-state index in [2.05, 4.69) is 22.5 Å². The summed E-state index contributed by atoms with van der Waals surface area (Å²) in [4.78, 5) is 36.4. The molecule has 0 unspecified atom stereocenters. The number of carbonyl (C=O) groups is 3. The maximum Gasteiger partial charge on any atom is 0.268 e. The third kappa shape index (κ3) is 3.14. The van der Waals surface area contributed by atoms with Crippen LogP contribution in [0.2, 0.25) is 0 Å². The molecule has 0 spiro atoms. The van der Waals surface area contributed by atoms with Crippen molar-refractivity contribution in [2.45, 2.75) is 6.54 Å². The van der Waals surface area contributed by atoms with Gasteiger partial charge < -0.3 is 20.5 Å². The van der Waals surface area contributed by atoms with Gasteiger partial charge in [0.15, 0.2) is 0 Å². The van der Waals surface area contributed by atoms with Crippen molar-refractivity contribution in [1.29, 1.82) is 0 Å². The first-order valence-corrected chi connectivity index (χ1v) is 8.82. The van der Waals surface area contributed by atoms with Crippen LogP contribution in [-0.4, -0.2) is 28.8 Å². The zero-order chi connectivity index (χ0) is 19.7. The van der Waals surface area contributed by atoms with Gasteiger partial charge in [0.05, 0.1) is 11.4 Å². The molecule has 4 rings (SSSR count). The molecular formula is C21H18N4O3. The number of fused-ring (bicyclic) bond motifs is 3. The summed E-state index contributed by atoms with van der Waals surface area (Å²) in [6, 6.07) is 14.1. The lowest BCUT2D eigenvalue weighted by Crippen LogP contribution is -2.34. The summed E-state index contributed by atoms with van der Waals surface area (Å²) >= 11 is 0. The molecule has 0 fully saturated rings. The minimum absolute atomic E-state index is 0.111. The zero-order valence-corrected chi connectivity index (χ0v) is 15.0. The number of carbonyl (C=O) groups excluding carboxylic acids is 3. The Hall–Kier alpha value is -3.87. The Balaban J connectivity index is 1.64. The van der Waals surface area contributed by atoms with E-state index in [1.54, 1.807) is 36.4 Å². The number of anilines is 2. The summed E-state index contributed by atoms with van der Waals surface area (Å²) in [6.07, 6.45) is 1.17. The Morgan fingerprint density at radius 2 is 1.82 bits per heavy atom. The van der Waals surface area contributed by atoms with E-state index in [1.165, 1.54) is 6.08 Å². The van der Waals surface area contributed by atoms with Gasteiger partial charge in [0.1, 0.15) is 5.69 Å². The first-order valence-electron chi connectivity index (χ1n) is 8.82. The average Bonchev–Trinajstić information content (AvgIpc) is 3.08. The highest BCUT2D eigenvalue weighted by Crippen LogP contribution is 2.25. The summed E-state index contributed by atoms with van der Waals surface area (Å²) in [5.74, 6) is -0.778. The van der Waals surface area contributed by atoms with Gasteiger partial charge in [-0.25, -0.2) is 0 Å². The van der Waals surface area contributed by atoms with Crippen LogP contribution in [0.15, 0.2) is 61.2 Å². The van der Waals surface area contributed by atoms with Crippen LogP contribution < -0.4 is 16.0 Å².